The molecule has 1 nitrogen and oxygen atoms in total. The molecule has 0 saturated heterocycles. The van der Waals surface area contributed by atoms with Crippen molar-refractivity contribution in [3.63, 3.8) is 0 Å². The molecule has 0 aromatic heterocycles. The van der Waals surface area contributed by atoms with Crippen molar-refractivity contribution in [2.24, 2.45) is 5.92 Å². The number of carbonyl (C=O) groups is 1. The predicted molar refractivity (Wildman–Crippen MR) is 201 cm³/mol. The molecule has 0 radical (unpaired) electrons. The fourth-order valence-corrected chi connectivity index (χ4v) is 6.81. The monoisotopic (exact) mass is 617 g/mol. The van der Waals surface area contributed by atoms with Crippen molar-refractivity contribution in [2.75, 3.05) is 0 Å². The van der Waals surface area contributed by atoms with Crippen LogP contribution in [-0.2, 0) is 4.79 Å². The second-order valence-corrected chi connectivity index (χ2v) is 14.5. The van der Waals surface area contributed by atoms with E-state index in [-0.39, 0.29) is 0 Å². The number of hydrogen-bond acceptors (Lipinski definition) is 1. The van der Waals surface area contributed by atoms with Crippen LogP contribution in [0.1, 0.15) is 252 Å². The molecule has 262 valence electrons. The number of allylic oxidation sites excluding steroid dienone is 2. The molecule has 0 aliphatic rings. The van der Waals surface area contributed by atoms with Crippen molar-refractivity contribution < 1.29 is 4.79 Å². The summed E-state index contributed by atoms with van der Waals surface area (Å²) in [6.45, 7) is 6.62. The minimum Gasteiger partial charge on any atom is -0.300 e. The molecule has 0 N–H and O–H groups in total. The SMILES string of the molecule is CCCCCCCCC=CCCCCCCCCCC(CCCCCCCCCCCCCCCCCC)CCC(=O)CC. The standard InChI is InChI=1S/C43H84O/c1-4-7-9-11-13-15-17-19-21-23-25-27-29-31-33-35-37-39-42(40-41-43(44)6-3)38-36-34-32-30-28-26-24-22-20-18-16-14-12-10-8-5-2/h19,21,42H,4-18,20,22-41H2,1-3H3. The molecular weight excluding hydrogens is 532 g/mol. The molecule has 1 atom stereocenters. The fraction of sp³-hybridized carbons (Fsp3) is 0.930. The molecule has 0 aliphatic carbocycles. The lowest BCUT2D eigenvalue weighted by atomic mass is 9.89. The average Bonchev–Trinajstić information content (AvgIpc) is 3.04. The Morgan fingerprint density at radius 1 is 0.386 bits per heavy atom. The van der Waals surface area contributed by atoms with E-state index in [1.54, 1.807) is 0 Å². The third kappa shape index (κ3) is 35.9. The van der Waals surface area contributed by atoms with Crippen LogP contribution < -0.4 is 0 Å². The highest BCUT2D eigenvalue weighted by molar-refractivity contribution is 5.77. The fourth-order valence-electron chi connectivity index (χ4n) is 6.81. The van der Waals surface area contributed by atoms with Gasteiger partial charge in [-0.2, -0.15) is 0 Å². The summed E-state index contributed by atoms with van der Waals surface area (Å²) in [5.41, 5.74) is 0. The minimum absolute atomic E-state index is 0.472. The third-order valence-electron chi connectivity index (χ3n) is 10.1. The van der Waals surface area contributed by atoms with Gasteiger partial charge in [-0.3, -0.25) is 4.79 Å². The topological polar surface area (TPSA) is 17.1 Å². The maximum atomic E-state index is 12.0. The molecule has 0 spiro atoms. The summed E-state index contributed by atoms with van der Waals surface area (Å²) in [6.07, 6.45) is 54.1. The van der Waals surface area contributed by atoms with Crippen LogP contribution in [0.2, 0.25) is 0 Å². The smallest absolute Gasteiger partial charge is 0.132 e. The van der Waals surface area contributed by atoms with E-state index in [2.05, 4.69) is 26.0 Å². The van der Waals surface area contributed by atoms with Gasteiger partial charge in [0.05, 0.1) is 0 Å². The minimum atomic E-state index is 0.472. The van der Waals surface area contributed by atoms with Crippen LogP contribution in [0, 0.1) is 5.92 Å². The Morgan fingerprint density at radius 3 is 1.00 bits per heavy atom. The lowest BCUT2D eigenvalue weighted by molar-refractivity contribution is -0.119. The van der Waals surface area contributed by atoms with Crippen molar-refractivity contribution >= 4 is 5.78 Å². The van der Waals surface area contributed by atoms with E-state index < -0.39 is 0 Å². The van der Waals surface area contributed by atoms with Crippen LogP contribution in [0.25, 0.3) is 0 Å². The first kappa shape index (κ1) is 43.4. The van der Waals surface area contributed by atoms with Gasteiger partial charge < -0.3 is 0 Å². The number of ketones is 1. The van der Waals surface area contributed by atoms with Crippen LogP contribution in [-0.4, -0.2) is 5.78 Å². The van der Waals surface area contributed by atoms with E-state index in [1.165, 1.54) is 212 Å². The molecule has 0 heterocycles. The third-order valence-corrected chi connectivity index (χ3v) is 10.1. The zero-order chi connectivity index (χ0) is 32.0. The van der Waals surface area contributed by atoms with Crippen molar-refractivity contribution in [2.45, 2.75) is 252 Å². The molecule has 0 aromatic rings. The predicted octanol–water partition coefficient (Wildman–Crippen LogP) is 15.8. The highest BCUT2D eigenvalue weighted by atomic mass is 16.1. The number of carbonyl (C=O) groups excluding carboxylic acids is 1. The molecule has 44 heavy (non-hydrogen) atoms. The number of hydrogen-bond donors (Lipinski definition) is 0. The van der Waals surface area contributed by atoms with Gasteiger partial charge in [0, 0.05) is 12.8 Å². The summed E-state index contributed by atoms with van der Waals surface area (Å²) in [4.78, 5) is 12.0. The van der Waals surface area contributed by atoms with Crippen molar-refractivity contribution in [3.05, 3.63) is 12.2 Å². The van der Waals surface area contributed by atoms with Crippen LogP contribution in [0.3, 0.4) is 0 Å². The Bertz CT molecular complexity index is 563. The molecule has 0 amide bonds. The molecule has 0 bridgehead atoms. The average molecular weight is 617 g/mol. The zero-order valence-electron chi connectivity index (χ0n) is 31.1. The van der Waals surface area contributed by atoms with Crippen LogP contribution in [0.4, 0.5) is 0 Å². The Balaban J connectivity index is 3.66. The highest BCUT2D eigenvalue weighted by Crippen LogP contribution is 2.24. The number of Topliss-reactive ketones (excluding diaryl/α,β-unsaturated/α-hetero) is 1. The first-order valence-electron chi connectivity index (χ1n) is 20.9. The van der Waals surface area contributed by atoms with Gasteiger partial charge in [-0.1, -0.05) is 219 Å². The molecule has 1 heteroatoms. The second kappa shape index (κ2) is 38.6. The normalized spacial score (nSPS) is 12.4. The van der Waals surface area contributed by atoms with Crippen LogP contribution >= 0.6 is 0 Å². The van der Waals surface area contributed by atoms with E-state index in [9.17, 15) is 4.79 Å². The van der Waals surface area contributed by atoms with Crippen molar-refractivity contribution in [3.8, 4) is 0 Å². The molecular formula is C43H84O. The summed E-state index contributed by atoms with van der Waals surface area (Å²) in [6, 6.07) is 0. The van der Waals surface area contributed by atoms with Crippen LogP contribution in [0.15, 0.2) is 12.2 Å². The zero-order valence-corrected chi connectivity index (χ0v) is 31.1. The van der Waals surface area contributed by atoms with Crippen molar-refractivity contribution in [1.29, 1.82) is 0 Å². The molecule has 0 aliphatic heterocycles. The van der Waals surface area contributed by atoms with Gasteiger partial charge >= 0.3 is 0 Å². The lowest BCUT2D eigenvalue weighted by Crippen LogP contribution is -2.05. The van der Waals surface area contributed by atoms with Crippen LogP contribution in [0.5, 0.6) is 0 Å². The quantitative estimate of drug-likeness (QED) is 0.0498. The first-order chi connectivity index (χ1) is 21.7. The Morgan fingerprint density at radius 2 is 0.682 bits per heavy atom. The van der Waals surface area contributed by atoms with Gasteiger partial charge in [-0.15, -0.1) is 0 Å². The van der Waals surface area contributed by atoms with Gasteiger partial charge in [-0.25, -0.2) is 0 Å². The summed E-state index contributed by atoms with van der Waals surface area (Å²) in [5, 5.41) is 0. The van der Waals surface area contributed by atoms with Gasteiger partial charge in [-0.05, 0) is 38.0 Å². The Kier molecular flexibility index (Phi) is 38.1. The van der Waals surface area contributed by atoms with Gasteiger partial charge in [0.1, 0.15) is 5.78 Å². The molecule has 0 rings (SSSR count). The highest BCUT2D eigenvalue weighted by Gasteiger charge is 2.11. The second-order valence-electron chi connectivity index (χ2n) is 14.5. The lowest BCUT2D eigenvalue weighted by Gasteiger charge is -2.16. The van der Waals surface area contributed by atoms with Gasteiger partial charge in [0.25, 0.3) is 0 Å². The Labute approximate surface area is 280 Å². The largest absolute Gasteiger partial charge is 0.300 e. The summed E-state index contributed by atoms with van der Waals surface area (Å²) in [5.74, 6) is 1.26. The van der Waals surface area contributed by atoms with Gasteiger partial charge in [0.15, 0.2) is 0 Å². The van der Waals surface area contributed by atoms with Crippen molar-refractivity contribution in [1.82, 2.24) is 0 Å². The van der Waals surface area contributed by atoms with E-state index in [1.807, 2.05) is 6.92 Å². The molecule has 0 aromatic carbocycles. The van der Waals surface area contributed by atoms with Gasteiger partial charge in [0.2, 0.25) is 0 Å². The number of rotatable bonds is 38. The summed E-state index contributed by atoms with van der Waals surface area (Å²) < 4.78 is 0. The van der Waals surface area contributed by atoms with E-state index in [0.29, 0.717) is 5.78 Å². The maximum absolute atomic E-state index is 12.0. The summed E-state index contributed by atoms with van der Waals surface area (Å²) in [7, 11) is 0. The Hall–Kier alpha value is -0.590. The first-order valence-corrected chi connectivity index (χ1v) is 20.9. The molecule has 1 unspecified atom stereocenters. The van der Waals surface area contributed by atoms with E-state index >= 15 is 0 Å². The summed E-state index contributed by atoms with van der Waals surface area (Å²) >= 11 is 0. The van der Waals surface area contributed by atoms with E-state index in [0.717, 1.165) is 25.2 Å². The molecule has 0 saturated carbocycles. The molecule has 0 fully saturated rings. The maximum Gasteiger partial charge on any atom is 0.132 e. The number of unbranched alkanes of at least 4 members (excludes halogenated alkanes) is 28. The van der Waals surface area contributed by atoms with E-state index in [4.69, 9.17) is 0 Å².